The van der Waals surface area contributed by atoms with Crippen LogP contribution in [0.4, 0.5) is 11.4 Å². The quantitative estimate of drug-likeness (QED) is 0.861. The minimum Gasteiger partial charge on any atom is -0.397 e. The first kappa shape index (κ1) is 17.1. The van der Waals surface area contributed by atoms with Crippen LogP contribution in [0.25, 0.3) is 0 Å². The van der Waals surface area contributed by atoms with E-state index in [0.29, 0.717) is 12.3 Å². The third kappa shape index (κ3) is 4.22. The molecule has 1 aromatic carbocycles. The van der Waals surface area contributed by atoms with Gasteiger partial charge in [-0.3, -0.25) is 4.79 Å². The van der Waals surface area contributed by atoms with Gasteiger partial charge in [-0.2, -0.15) is 0 Å². The molecule has 2 N–H and O–H groups in total. The lowest BCUT2D eigenvalue weighted by molar-refractivity contribution is -0.132. The number of hydrogen-bond acceptors (Lipinski definition) is 3. The van der Waals surface area contributed by atoms with Crippen molar-refractivity contribution in [3.8, 4) is 0 Å². The van der Waals surface area contributed by atoms with Gasteiger partial charge in [-0.25, -0.2) is 0 Å². The monoisotopic (exact) mass is 329 g/mol. The SMILES string of the molecule is CC1CCN(c2ccc(CCC(=O)N3CCCCC3)cc2N)CC1. The minimum atomic E-state index is 0.294. The molecule has 2 heterocycles. The van der Waals surface area contributed by atoms with Crippen LogP contribution in [0.1, 0.15) is 51.0 Å². The van der Waals surface area contributed by atoms with E-state index in [-0.39, 0.29) is 0 Å². The second kappa shape index (κ2) is 7.91. The van der Waals surface area contributed by atoms with Crippen molar-refractivity contribution in [1.82, 2.24) is 4.90 Å². The van der Waals surface area contributed by atoms with Crippen LogP contribution < -0.4 is 10.6 Å². The Labute approximate surface area is 146 Å². The molecule has 0 unspecified atom stereocenters. The number of piperidine rings is 2. The van der Waals surface area contributed by atoms with Crippen molar-refractivity contribution in [2.24, 2.45) is 5.92 Å². The number of likely N-dealkylation sites (tertiary alicyclic amines) is 1. The Kier molecular flexibility index (Phi) is 5.64. The number of anilines is 2. The summed E-state index contributed by atoms with van der Waals surface area (Å²) in [6.07, 6.45) is 7.44. The molecule has 1 amide bonds. The average Bonchev–Trinajstić information content (AvgIpc) is 2.61. The van der Waals surface area contributed by atoms with E-state index >= 15 is 0 Å². The Balaban J connectivity index is 1.55. The van der Waals surface area contributed by atoms with E-state index in [4.69, 9.17) is 5.73 Å². The highest BCUT2D eigenvalue weighted by atomic mass is 16.2. The zero-order chi connectivity index (χ0) is 16.9. The molecule has 0 saturated carbocycles. The summed E-state index contributed by atoms with van der Waals surface area (Å²) in [4.78, 5) is 16.7. The molecule has 0 bridgehead atoms. The van der Waals surface area contributed by atoms with Gasteiger partial charge in [0.2, 0.25) is 5.91 Å². The second-order valence-electron chi connectivity index (χ2n) is 7.50. The summed E-state index contributed by atoms with van der Waals surface area (Å²) < 4.78 is 0. The van der Waals surface area contributed by atoms with E-state index in [9.17, 15) is 4.79 Å². The Hall–Kier alpha value is -1.71. The molecule has 1 aromatic rings. The summed E-state index contributed by atoms with van der Waals surface area (Å²) in [5.74, 6) is 1.12. The highest BCUT2D eigenvalue weighted by Crippen LogP contribution is 2.29. The maximum atomic E-state index is 12.3. The lowest BCUT2D eigenvalue weighted by atomic mass is 9.98. The molecular formula is C20H31N3O. The summed E-state index contributed by atoms with van der Waals surface area (Å²) in [5, 5.41) is 0. The van der Waals surface area contributed by atoms with Crippen LogP contribution in [0.3, 0.4) is 0 Å². The highest BCUT2D eigenvalue weighted by Gasteiger charge is 2.19. The van der Waals surface area contributed by atoms with Gasteiger partial charge in [0, 0.05) is 32.6 Å². The minimum absolute atomic E-state index is 0.294. The Morgan fingerprint density at radius 1 is 1.12 bits per heavy atom. The molecule has 0 aliphatic carbocycles. The second-order valence-corrected chi connectivity index (χ2v) is 7.50. The fraction of sp³-hybridized carbons (Fsp3) is 0.650. The molecule has 4 heteroatoms. The van der Waals surface area contributed by atoms with Gasteiger partial charge in [0.25, 0.3) is 0 Å². The third-order valence-corrected chi connectivity index (χ3v) is 5.55. The first-order chi connectivity index (χ1) is 11.6. The number of aryl methyl sites for hydroxylation is 1. The largest absolute Gasteiger partial charge is 0.397 e. The van der Waals surface area contributed by atoms with Crippen LogP contribution in [-0.4, -0.2) is 37.0 Å². The van der Waals surface area contributed by atoms with Gasteiger partial charge in [-0.15, -0.1) is 0 Å². The number of amides is 1. The number of nitrogens with two attached hydrogens (primary N) is 1. The van der Waals surface area contributed by atoms with Crippen LogP contribution in [-0.2, 0) is 11.2 Å². The van der Waals surface area contributed by atoms with Crippen molar-refractivity contribution in [2.45, 2.75) is 51.9 Å². The molecule has 0 spiro atoms. The fourth-order valence-electron chi connectivity index (χ4n) is 3.85. The van der Waals surface area contributed by atoms with Crippen LogP contribution >= 0.6 is 0 Å². The Bertz CT molecular complexity index is 558. The van der Waals surface area contributed by atoms with Crippen molar-refractivity contribution >= 4 is 17.3 Å². The molecule has 2 aliphatic rings. The summed E-state index contributed by atoms with van der Waals surface area (Å²) in [6.45, 7) is 6.39. The van der Waals surface area contributed by atoms with Crippen LogP contribution in [0.5, 0.6) is 0 Å². The Morgan fingerprint density at radius 3 is 2.50 bits per heavy atom. The average molecular weight is 329 g/mol. The summed E-state index contributed by atoms with van der Waals surface area (Å²) in [6, 6.07) is 6.36. The standard InChI is InChI=1S/C20H31N3O/c1-16-9-13-22(14-10-16)19-7-5-17(15-18(19)21)6-8-20(24)23-11-3-2-4-12-23/h5,7,15-16H,2-4,6,8-14,21H2,1H3. The molecule has 0 aromatic heterocycles. The van der Waals surface area contributed by atoms with Crippen LogP contribution in [0.2, 0.25) is 0 Å². The number of hydrogen-bond donors (Lipinski definition) is 1. The zero-order valence-corrected chi connectivity index (χ0v) is 15.0. The van der Waals surface area contributed by atoms with Gasteiger partial charge in [0.1, 0.15) is 0 Å². The van der Waals surface area contributed by atoms with Gasteiger partial charge < -0.3 is 15.5 Å². The van der Waals surface area contributed by atoms with E-state index in [1.165, 1.54) is 24.8 Å². The summed E-state index contributed by atoms with van der Waals surface area (Å²) >= 11 is 0. The molecule has 0 atom stereocenters. The first-order valence-electron chi connectivity index (χ1n) is 9.54. The fourth-order valence-corrected chi connectivity index (χ4v) is 3.85. The zero-order valence-electron chi connectivity index (χ0n) is 15.0. The van der Waals surface area contributed by atoms with E-state index in [2.05, 4.69) is 30.0 Å². The van der Waals surface area contributed by atoms with Crippen LogP contribution in [0.15, 0.2) is 18.2 Å². The van der Waals surface area contributed by atoms with Crippen molar-refractivity contribution in [2.75, 3.05) is 36.8 Å². The molecule has 2 saturated heterocycles. The molecular weight excluding hydrogens is 298 g/mol. The van der Waals surface area contributed by atoms with Crippen molar-refractivity contribution in [3.05, 3.63) is 23.8 Å². The Morgan fingerprint density at radius 2 is 1.83 bits per heavy atom. The van der Waals surface area contributed by atoms with E-state index in [0.717, 1.165) is 62.7 Å². The number of nitrogen functional groups attached to an aromatic ring is 1. The maximum Gasteiger partial charge on any atom is 0.222 e. The molecule has 0 radical (unpaired) electrons. The normalized spacial score (nSPS) is 19.5. The van der Waals surface area contributed by atoms with Gasteiger partial charge >= 0.3 is 0 Å². The molecule has 2 fully saturated rings. The van der Waals surface area contributed by atoms with Crippen LogP contribution in [0, 0.1) is 5.92 Å². The lowest BCUT2D eigenvalue weighted by Crippen LogP contribution is -2.35. The molecule has 24 heavy (non-hydrogen) atoms. The van der Waals surface area contributed by atoms with Gasteiger partial charge in [0.05, 0.1) is 11.4 Å². The number of carbonyl (C=O) groups excluding carboxylic acids is 1. The van der Waals surface area contributed by atoms with Gasteiger partial charge in [-0.05, 0) is 62.1 Å². The third-order valence-electron chi connectivity index (χ3n) is 5.55. The van der Waals surface area contributed by atoms with Gasteiger partial charge in [-0.1, -0.05) is 13.0 Å². The predicted molar refractivity (Wildman–Crippen MR) is 100 cm³/mol. The number of nitrogens with zero attached hydrogens (tertiary/aromatic N) is 2. The maximum absolute atomic E-state index is 12.3. The predicted octanol–water partition coefficient (Wildman–Crippen LogP) is 3.45. The highest BCUT2D eigenvalue weighted by molar-refractivity contribution is 5.77. The molecule has 3 rings (SSSR count). The van der Waals surface area contributed by atoms with E-state index < -0.39 is 0 Å². The summed E-state index contributed by atoms with van der Waals surface area (Å²) in [7, 11) is 0. The van der Waals surface area contributed by atoms with E-state index in [1.54, 1.807) is 0 Å². The molecule has 132 valence electrons. The number of benzene rings is 1. The number of carbonyl (C=O) groups is 1. The topological polar surface area (TPSA) is 49.6 Å². The smallest absolute Gasteiger partial charge is 0.222 e. The first-order valence-corrected chi connectivity index (χ1v) is 9.54. The van der Waals surface area contributed by atoms with E-state index in [1.807, 2.05) is 4.90 Å². The number of rotatable bonds is 4. The van der Waals surface area contributed by atoms with Crippen molar-refractivity contribution in [3.63, 3.8) is 0 Å². The summed E-state index contributed by atoms with van der Waals surface area (Å²) in [5.41, 5.74) is 9.49. The van der Waals surface area contributed by atoms with Gasteiger partial charge in [0.15, 0.2) is 0 Å². The van der Waals surface area contributed by atoms with Crippen molar-refractivity contribution < 1.29 is 4.79 Å². The molecule has 4 nitrogen and oxygen atoms in total. The lowest BCUT2D eigenvalue weighted by Gasteiger charge is -2.33. The molecule has 2 aliphatic heterocycles. The van der Waals surface area contributed by atoms with Crippen molar-refractivity contribution in [1.29, 1.82) is 0 Å².